The van der Waals surface area contributed by atoms with Gasteiger partial charge in [-0.25, -0.2) is 13.2 Å². The van der Waals surface area contributed by atoms with Crippen LogP contribution < -0.4 is 0 Å². The maximum absolute atomic E-state index is 11.7. The van der Waals surface area contributed by atoms with Crippen LogP contribution >= 0.6 is 0 Å². The molecule has 0 saturated heterocycles. The van der Waals surface area contributed by atoms with Crippen LogP contribution in [0.4, 0.5) is 0 Å². The van der Waals surface area contributed by atoms with E-state index in [2.05, 4.69) is 0 Å². The van der Waals surface area contributed by atoms with E-state index in [-0.39, 0.29) is 17.3 Å². The molecule has 17 heavy (non-hydrogen) atoms. The number of carboxylic acids is 1. The fraction of sp³-hybridized carbons (Fsp3) is 0.545. The fourth-order valence-electron chi connectivity index (χ4n) is 1.44. The van der Waals surface area contributed by atoms with E-state index in [1.165, 1.54) is 6.07 Å². The number of hydrogen-bond donors (Lipinski definition) is 1. The van der Waals surface area contributed by atoms with Crippen molar-refractivity contribution in [1.82, 2.24) is 0 Å². The van der Waals surface area contributed by atoms with Gasteiger partial charge in [-0.1, -0.05) is 13.3 Å². The highest BCUT2D eigenvalue weighted by molar-refractivity contribution is 7.90. The summed E-state index contributed by atoms with van der Waals surface area (Å²) in [6.07, 6.45) is 1.43. The van der Waals surface area contributed by atoms with Crippen molar-refractivity contribution in [1.29, 1.82) is 0 Å². The first-order valence-corrected chi connectivity index (χ1v) is 7.21. The maximum Gasteiger partial charge on any atom is 0.371 e. The molecule has 0 aliphatic rings. The molecular formula is C11H16O5S. The van der Waals surface area contributed by atoms with Crippen LogP contribution in [0.2, 0.25) is 0 Å². The molecule has 0 saturated carbocycles. The molecule has 0 aromatic carbocycles. The summed E-state index contributed by atoms with van der Waals surface area (Å²) in [5.41, 5.74) is 0.429. The lowest BCUT2D eigenvalue weighted by Gasteiger charge is -2.01. The summed E-state index contributed by atoms with van der Waals surface area (Å²) in [5, 5.41) is 8.72. The van der Waals surface area contributed by atoms with Crippen LogP contribution in [0.25, 0.3) is 0 Å². The molecular weight excluding hydrogens is 244 g/mol. The first-order chi connectivity index (χ1) is 7.85. The van der Waals surface area contributed by atoms with E-state index >= 15 is 0 Å². The monoisotopic (exact) mass is 260 g/mol. The minimum atomic E-state index is -3.18. The number of sulfone groups is 1. The van der Waals surface area contributed by atoms with Crippen LogP contribution in [-0.2, 0) is 15.6 Å². The van der Waals surface area contributed by atoms with E-state index in [4.69, 9.17) is 9.52 Å². The van der Waals surface area contributed by atoms with Gasteiger partial charge in [0.2, 0.25) is 5.76 Å². The van der Waals surface area contributed by atoms with Gasteiger partial charge < -0.3 is 9.52 Å². The van der Waals surface area contributed by atoms with Gasteiger partial charge in [-0.3, -0.25) is 0 Å². The molecule has 0 spiro atoms. The third kappa shape index (κ3) is 3.89. The summed E-state index contributed by atoms with van der Waals surface area (Å²) in [4.78, 5) is 10.7. The second-order valence-corrected chi connectivity index (χ2v) is 6.13. The van der Waals surface area contributed by atoms with Gasteiger partial charge in [0.15, 0.2) is 9.84 Å². The number of unbranched alkanes of at least 4 members (excludes halogenated alkanes) is 1. The predicted octanol–water partition coefficient (Wildman–Crippen LogP) is 2.00. The van der Waals surface area contributed by atoms with Crippen molar-refractivity contribution in [3.05, 3.63) is 23.2 Å². The summed E-state index contributed by atoms with van der Waals surface area (Å²) in [6.45, 7) is 3.48. The molecule has 0 amide bonds. The van der Waals surface area contributed by atoms with E-state index < -0.39 is 15.8 Å². The van der Waals surface area contributed by atoms with Gasteiger partial charge >= 0.3 is 5.97 Å². The highest BCUT2D eigenvalue weighted by Crippen LogP contribution is 2.18. The third-order valence-electron chi connectivity index (χ3n) is 2.42. The number of hydrogen-bond acceptors (Lipinski definition) is 4. The summed E-state index contributed by atoms with van der Waals surface area (Å²) in [6, 6.07) is 1.28. The molecule has 0 atom stereocenters. The predicted molar refractivity (Wildman–Crippen MR) is 62.8 cm³/mol. The largest absolute Gasteiger partial charge is 0.475 e. The van der Waals surface area contributed by atoms with Gasteiger partial charge in [0.05, 0.1) is 11.5 Å². The molecule has 1 N–H and O–H groups in total. The molecule has 1 aromatic heterocycles. The Hall–Kier alpha value is -1.30. The van der Waals surface area contributed by atoms with Crippen LogP contribution in [0.15, 0.2) is 10.5 Å². The Labute approximate surface area is 100 Å². The average Bonchev–Trinajstić information content (AvgIpc) is 2.57. The van der Waals surface area contributed by atoms with Gasteiger partial charge in [-0.2, -0.15) is 0 Å². The van der Waals surface area contributed by atoms with E-state index in [9.17, 15) is 13.2 Å². The van der Waals surface area contributed by atoms with Crippen LogP contribution in [0.5, 0.6) is 0 Å². The van der Waals surface area contributed by atoms with Crippen molar-refractivity contribution < 1.29 is 22.7 Å². The van der Waals surface area contributed by atoms with Crippen LogP contribution in [0, 0.1) is 6.92 Å². The number of rotatable bonds is 6. The second-order valence-electron chi connectivity index (χ2n) is 3.94. The minimum absolute atomic E-state index is 0.122. The topological polar surface area (TPSA) is 84.6 Å². The Bertz CT molecular complexity index is 498. The molecule has 1 rings (SSSR count). The van der Waals surface area contributed by atoms with Crippen molar-refractivity contribution in [3.63, 3.8) is 0 Å². The van der Waals surface area contributed by atoms with Crippen molar-refractivity contribution in [2.24, 2.45) is 0 Å². The lowest BCUT2D eigenvalue weighted by molar-refractivity contribution is 0.0661. The van der Waals surface area contributed by atoms with Crippen molar-refractivity contribution in [3.8, 4) is 0 Å². The smallest absolute Gasteiger partial charge is 0.371 e. The Kier molecular flexibility index (Phi) is 4.34. The average molecular weight is 260 g/mol. The minimum Gasteiger partial charge on any atom is -0.475 e. The molecule has 1 heterocycles. The Morgan fingerprint density at radius 2 is 2.12 bits per heavy atom. The van der Waals surface area contributed by atoms with E-state index in [1.54, 1.807) is 6.92 Å². The summed E-state index contributed by atoms with van der Waals surface area (Å²) in [7, 11) is -3.18. The lowest BCUT2D eigenvalue weighted by Crippen LogP contribution is -2.09. The molecule has 0 aliphatic heterocycles. The first-order valence-electron chi connectivity index (χ1n) is 5.38. The van der Waals surface area contributed by atoms with Crippen molar-refractivity contribution in [2.75, 3.05) is 5.75 Å². The van der Waals surface area contributed by atoms with Gasteiger partial charge in [0.25, 0.3) is 0 Å². The Morgan fingerprint density at radius 1 is 1.47 bits per heavy atom. The van der Waals surface area contributed by atoms with Gasteiger partial charge in [-0.15, -0.1) is 0 Å². The number of carboxylic acid groups (broad SMARTS) is 1. The maximum atomic E-state index is 11.7. The number of aryl methyl sites for hydroxylation is 1. The number of carbonyl (C=O) groups is 1. The van der Waals surface area contributed by atoms with E-state index in [1.807, 2.05) is 6.92 Å². The molecule has 0 bridgehead atoms. The van der Waals surface area contributed by atoms with E-state index in [0.29, 0.717) is 17.7 Å². The molecule has 6 heteroatoms. The quantitative estimate of drug-likeness (QED) is 0.845. The molecule has 0 unspecified atom stereocenters. The van der Waals surface area contributed by atoms with E-state index in [0.717, 1.165) is 6.42 Å². The summed E-state index contributed by atoms with van der Waals surface area (Å²) >= 11 is 0. The van der Waals surface area contributed by atoms with Gasteiger partial charge in [0.1, 0.15) is 5.76 Å². The first kappa shape index (κ1) is 13.8. The zero-order valence-corrected chi connectivity index (χ0v) is 10.7. The second kappa shape index (κ2) is 5.35. The van der Waals surface area contributed by atoms with Crippen molar-refractivity contribution >= 4 is 15.8 Å². The zero-order chi connectivity index (χ0) is 13.1. The normalized spacial score (nSPS) is 11.6. The lowest BCUT2D eigenvalue weighted by atomic mass is 10.3. The highest BCUT2D eigenvalue weighted by atomic mass is 32.2. The molecule has 96 valence electrons. The Balaban J connectivity index is 2.84. The molecule has 5 nitrogen and oxygen atoms in total. The van der Waals surface area contributed by atoms with Crippen LogP contribution in [0.3, 0.4) is 0 Å². The SMILES string of the molecule is CCCCS(=O)(=O)Cc1cc(C(=O)O)oc1C. The Morgan fingerprint density at radius 3 is 2.59 bits per heavy atom. The summed E-state index contributed by atoms with van der Waals surface area (Å²) in [5.74, 6) is -1.09. The van der Waals surface area contributed by atoms with Crippen molar-refractivity contribution in [2.45, 2.75) is 32.4 Å². The number of aromatic carboxylic acids is 1. The standard InChI is InChI=1S/C11H16O5S/c1-3-4-5-17(14,15)7-9-6-10(11(12)13)16-8(9)2/h6H,3-5,7H2,1-2H3,(H,12,13). The molecule has 0 fully saturated rings. The third-order valence-corrected chi connectivity index (χ3v) is 4.08. The fourth-order valence-corrected chi connectivity index (χ4v) is 3.08. The summed E-state index contributed by atoms with van der Waals surface area (Å²) < 4.78 is 28.4. The van der Waals surface area contributed by atoms with Gasteiger partial charge in [-0.05, 0) is 19.4 Å². The zero-order valence-electron chi connectivity index (χ0n) is 9.89. The van der Waals surface area contributed by atoms with Crippen LogP contribution in [-0.4, -0.2) is 25.2 Å². The van der Waals surface area contributed by atoms with Crippen LogP contribution in [0.1, 0.15) is 41.6 Å². The molecule has 0 radical (unpaired) electrons. The molecule has 1 aromatic rings. The number of furan rings is 1. The molecule has 0 aliphatic carbocycles. The highest BCUT2D eigenvalue weighted by Gasteiger charge is 2.18. The van der Waals surface area contributed by atoms with Gasteiger partial charge in [0, 0.05) is 5.56 Å².